The monoisotopic (exact) mass is 401 g/mol. The molecule has 0 atom stereocenters. The lowest BCUT2D eigenvalue weighted by Crippen LogP contribution is -2.16. The van der Waals surface area contributed by atoms with Crippen LogP contribution in [0.15, 0.2) is 71.8 Å². The number of nitrogens with zero attached hydrogens (tertiary/aromatic N) is 1. The minimum absolute atomic E-state index is 0.0344. The largest absolute Gasteiger partial charge is 0.306 e. The van der Waals surface area contributed by atoms with Crippen molar-refractivity contribution in [3.8, 4) is 0 Å². The molecule has 2 aromatic carbocycles. The predicted octanol–water partition coefficient (Wildman–Crippen LogP) is 4.10. The Hall–Kier alpha value is -2.90. The highest BCUT2D eigenvalue weighted by Gasteiger charge is 2.17. The van der Waals surface area contributed by atoms with E-state index in [9.17, 15) is 13.2 Å². The average Bonchev–Trinajstić information content (AvgIpc) is 2.63. The molecule has 0 fully saturated rings. The van der Waals surface area contributed by atoms with Crippen LogP contribution in [-0.2, 0) is 10.0 Å². The first kappa shape index (κ1) is 18.9. The van der Waals surface area contributed by atoms with Crippen molar-refractivity contribution < 1.29 is 13.2 Å². The van der Waals surface area contributed by atoms with Crippen LogP contribution >= 0.6 is 11.6 Å². The van der Waals surface area contributed by atoms with Gasteiger partial charge in [0.1, 0.15) is 5.82 Å². The van der Waals surface area contributed by atoms with Crippen molar-refractivity contribution in [1.29, 1.82) is 0 Å². The molecule has 6 nitrogen and oxygen atoms in total. The first-order valence-corrected chi connectivity index (χ1v) is 9.83. The summed E-state index contributed by atoms with van der Waals surface area (Å²) >= 11 is 5.88. The summed E-state index contributed by atoms with van der Waals surface area (Å²) in [5, 5.41) is 3.09. The molecule has 1 amide bonds. The summed E-state index contributed by atoms with van der Waals surface area (Å²) in [6.07, 6.45) is 1.57. The summed E-state index contributed by atoms with van der Waals surface area (Å²) in [6.45, 7) is 1.82. The van der Waals surface area contributed by atoms with E-state index in [0.717, 1.165) is 5.56 Å². The van der Waals surface area contributed by atoms with Gasteiger partial charge in [-0.3, -0.25) is 9.52 Å². The molecule has 138 valence electrons. The van der Waals surface area contributed by atoms with Crippen molar-refractivity contribution in [2.75, 3.05) is 10.0 Å². The van der Waals surface area contributed by atoms with E-state index in [-0.39, 0.29) is 10.5 Å². The SMILES string of the molecule is Cc1cccnc1NC(=O)c1cccc(S(=O)(=O)Nc2cccc(Cl)c2)c1. The van der Waals surface area contributed by atoms with Gasteiger partial charge in [0.25, 0.3) is 15.9 Å². The molecule has 2 N–H and O–H groups in total. The fraction of sp³-hybridized carbons (Fsp3) is 0.0526. The molecule has 0 radical (unpaired) electrons. The Kier molecular flexibility index (Phi) is 5.43. The maximum atomic E-state index is 12.6. The van der Waals surface area contributed by atoms with Gasteiger partial charge in [-0.2, -0.15) is 0 Å². The third-order valence-electron chi connectivity index (χ3n) is 3.72. The van der Waals surface area contributed by atoms with E-state index in [4.69, 9.17) is 11.6 Å². The van der Waals surface area contributed by atoms with E-state index >= 15 is 0 Å². The molecule has 0 unspecified atom stereocenters. The van der Waals surface area contributed by atoms with Gasteiger partial charge in [-0.15, -0.1) is 0 Å². The van der Waals surface area contributed by atoms with Gasteiger partial charge in [0.2, 0.25) is 0 Å². The fourth-order valence-electron chi connectivity index (χ4n) is 2.37. The van der Waals surface area contributed by atoms with Gasteiger partial charge < -0.3 is 5.32 Å². The highest BCUT2D eigenvalue weighted by molar-refractivity contribution is 7.92. The number of carbonyl (C=O) groups excluding carboxylic acids is 1. The van der Waals surface area contributed by atoms with Crippen LogP contribution < -0.4 is 10.0 Å². The third kappa shape index (κ3) is 4.64. The van der Waals surface area contributed by atoms with Gasteiger partial charge >= 0.3 is 0 Å². The number of sulfonamides is 1. The summed E-state index contributed by atoms with van der Waals surface area (Å²) in [6, 6.07) is 15.7. The molecule has 0 saturated heterocycles. The zero-order valence-corrected chi connectivity index (χ0v) is 15.9. The number of halogens is 1. The number of carbonyl (C=O) groups is 1. The van der Waals surface area contributed by atoms with Crippen molar-refractivity contribution in [2.45, 2.75) is 11.8 Å². The lowest BCUT2D eigenvalue weighted by Gasteiger charge is -2.10. The van der Waals surface area contributed by atoms with Crippen LogP contribution in [0.4, 0.5) is 11.5 Å². The van der Waals surface area contributed by atoms with Crippen LogP contribution in [0.1, 0.15) is 15.9 Å². The Bertz CT molecular complexity index is 1100. The van der Waals surface area contributed by atoms with Crippen molar-refractivity contribution in [1.82, 2.24) is 4.98 Å². The summed E-state index contributed by atoms with van der Waals surface area (Å²) in [5.74, 6) is -0.0237. The molecule has 1 heterocycles. The van der Waals surface area contributed by atoms with Crippen molar-refractivity contribution in [3.05, 3.63) is 83.0 Å². The number of anilines is 2. The number of benzene rings is 2. The molecule has 3 aromatic rings. The molecule has 3 rings (SSSR count). The molecular formula is C19H16ClN3O3S. The molecule has 0 aliphatic heterocycles. The Labute approximate surface area is 162 Å². The first-order valence-electron chi connectivity index (χ1n) is 7.96. The zero-order chi connectivity index (χ0) is 19.4. The number of aryl methyl sites for hydroxylation is 1. The summed E-state index contributed by atoms with van der Waals surface area (Å²) < 4.78 is 27.6. The maximum Gasteiger partial charge on any atom is 0.261 e. The Morgan fingerprint density at radius 2 is 1.81 bits per heavy atom. The number of amides is 1. The molecule has 0 aliphatic carbocycles. The Balaban J connectivity index is 1.84. The molecule has 0 spiro atoms. The number of rotatable bonds is 5. The van der Waals surface area contributed by atoms with Crippen LogP contribution in [0.2, 0.25) is 5.02 Å². The topological polar surface area (TPSA) is 88.2 Å². The van der Waals surface area contributed by atoms with Crippen LogP contribution in [0.3, 0.4) is 0 Å². The first-order chi connectivity index (χ1) is 12.8. The van der Waals surface area contributed by atoms with Crippen LogP contribution in [0.25, 0.3) is 0 Å². The molecular weight excluding hydrogens is 386 g/mol. The van der Waals surface area contributed by atoms with Crippen LogP contribution in [0, 0.1) is 6.92 Å². The molecule has 1 aromatic heterocycles. The van der Waals surface area contributed by atoms with Crippen LogP contribution in [0.5, 0.6) is 0 Å². The van der Waals surface area contributed by atoms with Gasteiger partial charge in [0.15, 0.2) is 0 Å². The van der Waals surface area contributed by atoms with E-state index < -0.39 is 15.9 Å². The van der Waals surface area contributed by atoms with Crippen molar-refractivity contribution >= 4 is 39.0 Å². The maximum absolute atomic E-state index is 12.6. The van der Waals surface area contributed by atoms with Crippen molar-refractivity contribution in [3.63, 3.8) is 0 Å². The molecule has 27 heavy (non-hydrogen) atoms. The minimum Gasteiger partial charge on any atom is -0.306 e. The van der Waals surface area contributed by atoms with E-state index in [1.807, 2.05) is 13.0 Å². The Morgan fingerprint density at radius 3 is 2.56 bits per heavy atom. The van der Waals surface area contributed by atoms with Crippen molar-refractivity contribution in [2.24, 2.45) is 0 Å². The van der Waals surface area contributed by atoms with Gasteiger partial charge in [-0.05, 0) is 55.0 Å². The highest BCUT2D eigenvalue weighted by atomic mass is 35.5. The number of aromatic nitrogens is 1. The quantitative estimate of drug-likeness (QED) is 0.673. The second kappa shape index (κ2) is 7.77. The zero-order valence-electron chi connectivity index (χ0n) is 14.3. The fourth-order valence-corrected chi connectivity index (χ4v) is 3.65. The van der Waals surface area contributed by atoms with E-state index in [1.165, 1.54) is 30.3 Å². The smallest absolute Gasteiger partial charge is 0.261 e. The molecule has 0 saturated carbocycles. The van der Waals surface area contributed by atoms with Gasteiger partial charge in [0, 0.05) is 16.8 Å². The second-order valence-electron chi connectivity index (χ2n) is 5.77. The lowest BCUT2D eigenvalue weighted by atomic mass is 10.2. The van der Waals surface area contributed by atoms with Crippen LogP contribution in [-0.4, -0.2) is 19.3 Å². The van der Waals surface area contributed by atoms with Gasteiger partial charge in [0.05, 0.1) is 10.6 Å². The lowest BCUT2D eigenvalue weighted by molar-refractivity contribution is 0.102. The normalized spacial score (nSPS) is 11.0. The van der Waals surface area contributed by atoms with E-state index in [2.05, 4.69) is 15.0 Å². The van der Waals surface area contributed by atoms with E-state index in [0.29, 0.717) is 16.5 Å². The summed E-state index contributed by atoms with van der Waals surface area (Å²) in [4.78, 5) is 16.5. The summed E-state index contributed by atoms with van der Waals surface area (Å²) in [7, 11) is -3.87. The van der Waals surface area contributed by atoms with E-state index in [1.54, 1.807) is 30.5 Å². The number of pyridine rings is 1. The molecule has 0 aliphatic rings. The third-order valence-corrected chi connectivity index (χ3v) is 5.34. The number of nitrogens with one attached hydrogen (secondary N) is 2. The summed E-state index contributed by atoms with van der Waals surface area (Å²) in [5.41, 5.74) is 1.34. The number of hydrogen-bond donors (Lipinski definition) is 2. The predicted molar refractivity (Wildman–Crippen MR) is 106 cm³/mol. The standard InChI is InChI=1S/C19H16ClN3O3S/c1-13-5-4-10-21-18(13)22-19(24)14-6-2-9-17(11-14)27(25,26)23-16-8-3-7-15(20)12-16/h2-12,23H,1H3,(H,21,22,24). The number of hydrogen-bond acceptors (Lipinski definition) is 4. The van der Waals surface area contributed by atoms with Gasteiger partial charge in [-0.25, -0.2) is 13.4 Å². The Morgan fingerprint density at radius 1 is 1.04 bits per heavy atom. The highest BCUT2D eigenvalue weighted by Crippen LogP contribution is 2.20. The second-order valence-corrected chi connectivity index (χ2v) is 7.89. The average molecular weight is 402 g/mol. The molecule has 8 heteroatoms. The molecule has 0 bridgehead atoms. The van der Waals surface area contributed by atoms with Gasteiger partial charge in [-0.1, -0.05) is 29.8 Å². The minimum atomic E-state index is -3.87.